The minimum Gasteiger partial charge on any atom is -0.383 e. The molecule has 0 atom stereocenters. The van der Waals surface area contributed by atoms with Gasteiger partial charge in [0.1, 0.15) is 23.3 Å². The van der Waals surface area contributed by atoms with Gasteiger partial charge in [0.05, 0.1) is 11.3 Å². The molecule has 0 saturated carbocycles. The average Bonchev–Trinajstić information content (AvgIpc) is 3.60. The zero-order valence-electron chi connectivity index (χ0n) is 22.9. The number of nitriles is 1. The SMILES string of the molecule is CCC1=CN=C(N)C(C#N)=C(N2CCC(c3nc(-c4cccc(C(F)(F)F)c4)cn3CCN3CCCC3)CC2)C1. The highest BCUT2D eigenvalue weighted by atomic mass is 19.4. The Morgan fingerprint density at radius 1 is 1.10 bits per heavy atom. The van der Waals surface area contributed by atoms with Gasteiger partial charge in [-0.15, -0.1) is 0 Å². The Morgan fingerprint density at radius 2 is 1.85 bits per heavy atom. The van der Waals surface area contributed by atoms with Crippen LogP contribution in [0.1, 0.15) is 62.8 Å². The van der Waals surface area contributed by atoms with Crippen molar-refractivity contribution in [2.24, 2.45) is 10.7 Å². The molecule has 0 amide bonds. The molecule has 0 spiro atoms. The molecular formula is C30H36F3N7. The van der Waals surface area contributed by atoms with Crippen LogP contribution in [0.15, 0.2) is 58.5 Å². The van der Waals surface area contributed by atoms with Crippen LogP contribution >= 0.6 is 0 Å². The third-order valence-corrected chi connectivity index (χ3v) is 8.28. The highest BCUT2D eigenvalue weighted by molar-refractivity contribution is 6.01. The summed E-state index contributed by atoms with van der Waals surface area (Å²) in [7, 11) is 0. The van der Waals surface area contributed by atoms with E-state index in [1.165, 1.54) is 25.0 Å². The Balaban J connectivity index is 1.39. The molecule has 10 heteroatoms. The summed E-state index contributed by atoms with van der Waals surface area (Å²) in [5, 5.41) is 9.84. The summed E-state index contributed by atoms with van der Waals surface area (Å²) in [6.07, 6.45) is 4.84. The number of likely N-dealkylation sites (tertiary alicyclic amines) is 2. The van der Waals surface area contributed by atoms with Crippen molar-refractivity contribution >= 4 is 5.84 Å². The van der Waals surface area contributed by atoms with Crippen LogP contribution in [0, 0.1) is 11.3 Å². The lowest BCUT2D eigenvalue weighted by Gasteiger charge is -2.35. The summed E-state index contributed by atoms with van der Waals surface area (Å²) in [5.41, 5.74) is 9.02. The monoisotopic (exact) mass is 551 g/mol. The molecule has 2 aromatic rings. The molecule has 5 rings (SSSR count). The van der Waals surface area contributed by atoms with E-state index in [1.807, 2.05) is 6.20 Å². The van der Waals surface area contributed by atoms with E-state index in [1.54, 1.807) is 12.3 Å². The van der Waals surface area contributed by atoms with Crippen LogP contribution in [-0.2, 0) is 12.7 Å². The first-order chi connectivity index (χ1) is 19.3. The smallest absolute Gasteiger partial charge is 0.383 e. The second-order valence-electron chi connectivity index (χ2n) is 10.8. The van der Waals surface area contributed by atoms with Gasteiger partial charge in [-0.1, -0.05) is 19.1 Å². The third kappa shape index (κ3) is 6.09. The fourth-order valence-corrected chi connectivity index (χ4v) is 5.92. The molecule has 3 aliphatic heterocycles. The number of imidazole rings is 1. The Morgan fingerprint density at radius 3 is 2.52 bits per heavy atom. The number of nitrogens with two attached hydrogens (primary N) is 1. The van der Waals surface area contributed by atoms with Gasteiger partial charge in [0, 0.05) is 62.2 Å². The standard InChI is InChI=1S/C30H36F3N7/c1-2-21-16-27(25(18-34)28(35)36-19-21)39-12-8-22(9-13-39)29-37-26(20-40(29)15-14-38-10-3-4-11-38)23-6-5-7-24(17-23)30(31,32)33/h5-7,17,19-20,22H,2-4,8-16H2,1H3,(H2,35,36). The predicted molar refractivity (Wildman–Crippen MR) is 149 cm³/mol. The van der Waals surface area contributed by atoms with Crippen LogP contribution in [0.25, 0.3) is 11.3 Å². The fraction of sp³-hybridized carbons (Fsp3) is 0.500. The maximum Gasteiger partial charge on any atom is 0.416 e. The summed E-state index contributed by atoms with van der Waals surface area (Å²) < 4.78 is 42.4. The molecule has 0 bridgehead atoms. The summed E-state index contributed by atoms with van der Waals surface area (Å²) in [6.45, 7) is 7.37. The van der Waals surface area contributed by atoms with E-state index in [-0.39, 0.29) is 11.8 Å². The number of hydrogen-bond acceptors (Lipinski definition) is 6. The second kappa shape index (κ2) is 11.9. The highest BCUT2D eigenvalue weighted by Crippen LogP contribution is 2.36. The summed E-state index contributed by atoms with van der Waals surface area (Å²) >= 11 is 0. The van der Waals surface area contributed by atoms with E-state index < -0.39 is 11.7 Å². The van der Waals surface area contributed by atoms with Crippen molar-refractivity contribution in [1.82, 2.24) is 19.4 Å². The Hall–Kier alpha value is -3.58. The van der Waals surface area contributed by atoms with Gasteiger partial charge < -0.3 is 20.1 Å². The molecule has 2 fully saturated rings. The van der Waals surface area contributed by atoms with Crippen molar-refractivity contribution in [3.8, 4) is 17.3 Å². The molecule has 212 valence electrons. The molecule has 0 aliphatic carbocycles. The zero-order chi connectivity index (χ0) is 28.3. The van der Waals surface area contributed by atoms with Crippen molar-refractivity contribution < 1.29 is 13.2 Å². The quantitative estimate of drug-likeness (QED) is 0.479. The minimum atomic E-state index is -4.40. The van der Waals surface area contributed by atoms with Crippen LogP contribution in [0.5, 0.6) is 0 Å². The first kappa shape index (κ1) is 28.0. The minimum absolute atomic E-state index is 0.165. The largest absolute Gasteiger partial charge is 0.416 e. The van der Waals surface area contributed by atoms with Crippen LogP contribution in [0.3, 0.4) is 0 Å². The summed E-state index contributed by atoms with van der Waals surface area (Å²) in [5.74, 6) is 1.35. The number of aliphatic imine (C=N–C) groups is 1. The van der Waals surface area contributed by atoms with Crippen molar-refractivity contribution in [3.63, 3.8) is 0 Å². The van der Waals surface area contributed by atoms with Crippen molar-refractivity contribution in [2.45, 2.75) is 64.1 Å². The first-order valence-electron chi connectivity index (χ1n) is 14.1. The predicted octanol–water partition coefficient (Wildman–Crippen LogP) is 5.68. The number of rotatable bonds is 7. The van der Waals surface area contributed by atoms with E-state index in [2.05, 4.69) is 32.4 Å². The van der Waals surface area contributed by atoms with Crippen LogP contribution < -0.4 is 5.73 Å². The summed E-state index contributed by atoms with van der Waals surface area (Å²) in [6, 6.07) is 7.69. The van der Waals surface area contributed by atoms with Gasteiger partial charge in [-0.3, -0.25) is 0 Å². The van der Waals surface area contributed by atoms with Gasteiger partial charge in [0.2, 0.25) is 0 Å². The molecule has 1 aromatic heterocycles. The lowest BCUT2D eigenvalue weighted by atomic mass is 9.93. The molecule has 4 heterocycles. The maximum absolute atomic E-state index is 13.4. The summed E-state index contributed by atoms with van der Waals surface area (Å²) in [4.78, 5) is 13.9. The molecule has 2 saturated heterocycles. The number of amidine groups is 1. The van der Waals surface area contributed by atoms with Gasteiger partial charge in [0.25, 0.3) is 0 Å². The first-order valence-corrected chi connectivity index (χ1v) is 14.1. The van der Waals surface area contributed by atoms with E-state index in [0.717, 1.165) is 81.7 Å². The number of piperidine rings is 1. The molecular weight excluding hydrogens is 515 g/mol. The molecule has 40 heavy (non-hydrogen) atoms. The Labute approximate surface area is 233 Å². The van der Waals surface area contributed by atoms with Gasteiger partial charge in [-0.05, 0) is 62.9 Å². The molecule has 3 aliphatic rings. The fourth-order valence-electron chi connectivity index (χ4n) is 5.92. The van der Waals surface area contributed by atoms with Crippen LogP contribution in [0.4, 0.5) is 13.2 Å². The normalized spacial score (nSPS) is 19.4. The highest BCUT2D eigenvalue weighted by Gasteiger charge is 2.32. The average molecular weight is 552 g/mol. The van der Waals surface area contributed by atoms with E-state index >= 15 is 0 Å². The lowest BCUT2D eigenvalue weighted by Crippen LogP contribution is -2.35. The van der Waals surface area contributed by atoms with E-state index in [9.17, 15) is 18.4 Å². The number of nitrogens with zero attached hydrogens (tertiary/aromatic N) is 6. The van der Waals surface area contributed by atoms with Gasteiger partial charge in [0.15, 0.2) is 0 Å². The van der Waals surface area contributed by atoms with Crippen LogP contribution in [0.2, 0.25) is 0 Å². The molecule has 0 radical (unpaired) electrons. The number of hydrogen-bond donors (Lipinski definition) is 1. The molecule has 0 unspecified atom stereocenters. The molecule has 1 aromatic carbocycles. The van der Waals surface area contributed by atoms with Gasteiger partial charge in [-0.2, -0.15) is 18.4 Å². The lowest BCUT2D eigenvalue weighted by molar-refractivity contribution is -0.137. The second-order valence-corrected chi connectivity index (χ2v) is 10.8. The topological polar surface area (TPSA) is 86.5 Å². The maximum atomic E-state index is 13.4. The Kier molecular flexibility index (Phi) is 8.31. The van der Waals surface area contributed by atoms with E-state index in [0.29, 0.717) is 23.3 Å². The van der Waals surface area contributed by atoms with Crippen molar-refractivity contribution in [2.75, 3.05) is 32.7 Å². The molecule has 2 N–H and O–H groups in total. The number of alkyl halides is 3. The number of allylic oxidation sites excluding steroid dienone is 1. The number of aromatic nitrogens is 2. The van der Waals surface area contributed by atoms with Gasteiger partial charge >= 0.3 is 6.18 Å². The number of benzene rings is 1. The van der Waals surface area contributed by atoms with Crippen molar-refractivity contribution in [3.05, 3.63) is 64.9 Å². The van der Waals surface area contributed by atoms with Crippen molar-refractivity contribution in [1.29, 1.82) is 5.26 Å². The zero-order valence-corrected chi connectivity index (χ0v) is 22.9. The molecule has 7 nitrogen and oxygen atoms in total. The van der Waals surface area contributed by atoms with Crippen LogP contribution in [-0.4, -0.2) is 57.9 Å². The third-order valence-electron chi connectivity index (χ3n) is 8.28. The van der Waals surface area contributed by atoms with E-state index in [4.69, 9.17) is 10.7 Å². The number of halogens is 3. The van der Waals surface area contributed by atoms with Gasteiger partial charge in [-0.25, -0.2) is 9.98 Å². The Bertz CT molecular complexity index is 1350.